The number of ether oxygens (including phenoxy) is 1. The van der Waals surface area contributed by atoms with Crippen LogP contribution in [0.5, 0.6) is 0 Å². The number of carbonyl (C=O) groups is 2. The number of hydrogen-bond acceptors (Lipinski definition) is 8. The number of hydrogen-bond donors (Lipinski definition) is 1. The van der Waals surface area contributed by atoms with Crippen molar-refractivity contribution in [3.63, 3.8) is 0 Å². The molecular weight excluding hydrogens is 384 g/mol. The van der Waals surface area contributed by atoms with Crippen molar-refractivity contribution in [3.05, 3.63) is 58.1 Å². The summed E-state index contributed by atoms with van der Waals surface area (Å²) >= 11 is 1.36. The van der Waals surface area contributed by atoms with E-state index < -0.39 is 29.1 Å². The van der Waals surface area contributed by atoms with Gasteiger partial charge in [-0.25, -0.2) is 9.78 Å². The van der Waals surface area contributed by atoms with Crippen molar-refractivity contribution in [3.8, 4) is 0 Å². The van der Waals surface area contributed by atoms with Crippen LogP contribution in [0.1, 0.15) is 17.3 Å². The van der Waals surface area contributed by atoms with E-state index in [9.17, 15) is 19.7 Å². The number of nitrogen functional groups attached to an aromatic ring is 1. The number of nitrogens with zero attached hydrogens (tertiary/aromatic N) is 3. The lowest BCUT2D eigenvalue weighted by Crippen LogP contribution is -2.34. The summed E-state index contributed by atoms with van der Waals surface area (Å²) in [5.74, 6) is -1.29. The molecule has 144 valence electrons. The van der Waals surface area contributed by atoms with Crippen LogP contribution in [-0.4, -0.2) is 34.9 Å². The highest BCUT2D eigenvalue weighted by atomic mass is 32.1. The minimum atomic E-state index is -0.850. The molecule has 0 saturated carbocycles. The van der Waals surface area contributed by atoms with Crippen LogP contribution in [0.4, 0.5) is 16.5 Å². The maximum Gasteiger partial charge on any atom is 0.338 e. The van der Waals surface area contributed by atoms with Crippen molar-refractivity contribution in [2.75, 3.05) is 23.8 Å². The highest BCUT2D eigenvalue weighted by Gasteiger charge is 2.21. The number of thiazole rings is 1. The van der Waals surface area contributed by atoms with Crippen molar-refractivity contribution in [2.45, 2.75) is 6.92 Å². The fourth-order valence-electron chi connectivity index (χ4n) is 2.51. The summed E-state index contributed by atoms with van der Waals surface area (Å²) in [5, 5.41) is 11.4. The number of rotatable bonds is 6. The third kappa shape index (κ3) is 3.91. The van der Waals surface area contributed by atoms with E-state index >= 15 is 0 Å². The number of anilines is 2. The number of aromatic nitrogens is 1. The number of likely N-dealkylation sites (N-methyl/N-ethyl adjacent to an activating group) is 1. The lowest BCUT2D eigenvalue weighted by molar-refractivity contribution is -0.383. The Labute approximate surface area is 163 Å². The quantitative estimate of drug-likeness (QED) is 0.291. The minimum Gasteiger partial charge on any atom is -0.452 e. The smallest absolute Gasteiger partial charge is 0.338 e. The number of nitrogens with two attached hydrogens (primary N) is 1. The SMILES string of the molecule is CCN(C(=O)COC(=O)c1ccc(N)c([N+](=O)[O-])c1)c1nc2ccccc2s1. The van der Waals surface area contributed by atoms with Gasteiger partial charge in [0.15, 0.2) is 11.7 Å². The summed E-state index contributed by atoms with van der Waals surface area (Å²) in [5.41, 5.74) is 5.76. The second-order valence-electron chi connectivity index (χ2n) is 5.71. The Balaban J connectivity index is 1.70. The van der Waals surface area contributed by atoms with Crippen LogP contribution in [0.3, 0.4) is 0 Å². The van der Waals surface area contributed by atoms with Crippen LogP contribution in [0.2, 0.25) is 0 Å². The van der Waals surface area contributed by atoms with Crippen LogP contribution >= 0.6 is 11.3 Å². The number of para-hydroxylation sites is 1. The summed E-state index contributed by atoms with van der Waals surface area (Å²) in [6, 6.07) is 11.1. The summed E-state index contributed by atoms with van der Waals surface area (Å²) in [6.07, 6.45) is 0. The van der Waals surface area contributed by atoms with Crippen molar-refractivity contribution < 1.29 is 19.2 Å². The maximum atomic E-state index is 12.5. The van der Waals surface area contributed by atoms with Gasteiger partial charge in [0.25, 0.3) is 11.6 Å². The van der Waals surface area contributed by atoms with Crippen LogP contribution in [0.15, 0.2) is 42.5 Å². The zero-order valence-electron chi connectivity index (χ0n) is 14.8. The molecule has 0 unspecified atom stereocenters. The molecule has 3 rings (SSSR count). The largest absolute Gasteiger partial charge is 0.452 e. The Morgan fingerprint density at radius 2 is 2.04 bits per heavy atom. The first-order valence-electron chi connectivity index (χ1n) is 8.27. The first kappa shape index (κ1) is 19.2. The van der Waals surface area contributed by atoms with Gasteiger partial charge >= 0.3 is 5.97 Å². The monoisotopic (exact) mass is 400 g/mol. The Bertz CT molecular complexity index is 1030. The van der Waals surface area contributed by atoms with Crippen molar-refractivity contribution in [1.29, 1.82) is 0 Å². The lowest BCUT2D eigenvalue weighted by atomic mass is 10.2. The standard InChI is InChI=1S/C18H16N4O5S/c1-2-21(18-20-13-5-3-4-6-15(13)28-18)16(23)10-27-17(24)11-7-8-12(19)14(9-11)22(25)26/h3-9H,2,10,19H2,1H3. The molecule has 10 heteroatoms. The first-order valence-corrected chi connectivity index (χ1v) is 9.09. The fraction of sp³-hybridized carbons (Fsp3) is 0.167. The average molecular weight is 400 g/mol. The summed E-state index contributed by atoms with van der Waals surface area (Å²) in [6.45, 7) is 1.62. The molecule has 1 amide bonds. The molecule has 0 aliphatic carbocycles. The predicted octanol–water partition coefficient (Wildman–Crippen LogP) is 3.00. The molecule has 1 aromatic heterocycles. The number of esters is 1. The Morgan fingerprint density at radius 3 is 2.71 bits per heavy atom. The second-order valence-corrected chi connectivity index (χ2v) is 6.72. The molecule has 0 radical (unpaired) electrons. The first-order chi connectivity index (χ1) is 13.4. The van der Waals surface area contributed by atoms with E-state index in [4.69, 9.17) is 10.5 Å². The van der Waals surface area contributed by atoms with Crippen LogP contribution < -0.4 is 10.6 Å². The van der Waals surface area contributed by atoms with Gasteiger partial charge in [-0.15, -0.1) is 0 Å². The summed E-state index contributed by atoms with van der Waals surface area (Å²) in [7, 11) is 0. The number of amides is 1. The molecule has 0 fully saturated rings. The van der Waals surface area contributed by atoms with Gasteiger partial charge in [-0.05, 0) is 31.2 Å². The van der Waals surface area contributed by atoms with Crippen molar-refractivity contribution in [2.24, 2.45) is 0 Å². The van der Waals surface area contributed by atoms with Gasteiger partial charge in [0.1, 0.15) is 5.69 Å². The van der Waals surface area contributed by atoms with E-state index in [1.165, 1.54) is 28.4 Å². The van der Waals surface area contributed by atoms with Gasteiger partial charge in [0.05, 0.1) is 20.7 Å². The molecule has 3 aromatic rings. The van der Waals surface area contributed by atoms with Gasteiger partial charge in [0.2, 0.25) is 0 Å². The van der Waals surface area contributed by atoms with Crippen LogP contribution in [-0.2, 0) is 9.53 Å². The average Bonchev–Trinajstić information content (AvgIpc) is 3.10. The molecule has 0 atom stereocenters. The van der Waals surface area contributed by atoms with E-state index in [1.807, 2.05) is 24.3 Å². The number of benzene rings is 2. The third-order valence-electron chi connectivity index (χ3n) is 3.92. The molecule has 0 saturated heterocycles. The molecule has 0 spiro atoms. The Kier molecular flexibility index (Phi) is 5.50. The van der Waals surface area contributed by atoms with Crippen LogP contribution in [0.25, 0.3) is 10.2 Å². The minimum absolute atomic E-state index is 0.0586. The van der Waals surface area contributed by atoms with Gasteiger partial charge in [0, 0.05) is 12.6 Å². The number of fused-ring (bicyclic) bond motifs is 1. The highest BCUT2D eigenvalue weighted by Crippen LogP contribution is 2.28. The molecule has 0 aliphatic heterocycles. The molecule has 0 aliphatic rings. The Morgan fingerprint density at radius 1 is 1.29 bits per heavy atom. The van der Waals surface area contributed by atoms with E-state index in [2.05, 4.69) is 4.98 Å². The second kappa shape index (κ2) is 8.01. The zero-order valence-corrected chi connectivity index (χ0v) is 15.6. The highest BCUT2D eigenvalue weighted by molar-refractivity contribution is 7.22. The number of nitro benzene ring substituents is 1. The van der Waals surface area contributed by atoms with Crippen LogP contribution in [0, 0.1) is 10.1 Å². The predicted molar refractivity (Wildman–Crippen MR) is 105 cm³/mol. The molecular formula is C18H16N4O5S. The maximum absolute atomic E-state index is 12.5. The number of carbonyl (C=O) groups excluding carboxylic acids is 2. The van der Waals surface area contributed by atoms with E-state index in [0.29, 0.717) is 11.7 Å². The molecule has 2 aromatic carbocycles. The molecule has 1 heterocycles. The van der Waals surface area contributed by atoms with Gasteiger partial charge < -0.3 is 10.5 Å². The molecule has 2 N–H and O–H groups in total. The van der Waals surface area contributed by atoms with E-state index in [-0.39, 0.29) is 11.3 Å². The van der Waals surface area contributed by atoms with E-state index in [0.717, 1.165) is 16.3 Å². The molecule has 9 nitrogen and oxygen atoms in total. The third-order valence-corrected chi connectivity index (χ3v) is 4.98. The zero-order chi connectivity index (χ0) is 20.3. The Hall–Kier alpha value is -3.53. The molecule has 28 heavy (non-hydrogen) atoms. The molecule has 0 bridgehead atoms. The summed E-state index contributed by atoms with van der Waals surface area (Å²) < 4.78 is 5.97. The van der Waals surface area contributed by atoms with Gasteiger partial charge in [-0.1, -0.05) is 23.5 Å². The fourth-order valence-corrected chi connectivity index (χ4v) is 3.56. The number of nitro groups is 1. The van der Waals surface area contributed by atoms with Gasteiger partial charge in [-0.3, -0.25) is 19.8 Å². The van der Waals surface area contributed by atoms with E-state index in [1.54, 1.807) is 6.92 Å². The lowest BCUT2D eigenvalue weighted by Gasteiger charge is -2.17. The van der Waals surface area contributed by atoms with Gasteiger partial charge in [-0.2, -0.15) is 0 Å². The summed E-state index contributed by atoms with van der Waals surface area (Å²) in [4.78, 5) is 40.7. The normalized spacial score (nSPS) is 10.6. The topological polar surface area (TPSA) is 129 Å². The van der Waals surface area contributed by atoms with Crippen molar-refractivity contribution >= 4 is 49.9 Å². The van der Waals surface area contributed by atoms with Crippen molar-refractivity contribution in [1.82, 2.24) is 4.98 Å².